The smallest absolute Gasteiger partial charge is 0.294 e. The number of halogens is 6. The summed E-state index contributed by atoms with van der Waals surface area (Å²) < 4.78 is 39.8. The Labute approximate surface area is 69.0 Å². The quantitative estimate of drug-likeness (QED) is 0.484. The van der Waals surface area contributed by atoms with Crippen molar-refractivity contribution >= 4 is 34.8 Å². The van der Waals surface area contributed by atoms with Crippen LogP contribution >= 0.6 is 34.8 Å². The molecule has 1 fully saturated rings. The number of hydrogen-bond donors (Lipinski definition) is 0. The van der Waals surface area contributed by atoms with Crippen molar-refractivity contribution in [2.75, 3.05) is 0 Å². The lowest BCUT2D eigenvalue weighted by Gasteiger charge is -2.08. The molecule has 0 amide bonds. The van der Waals surface area contributed by atoms with Gasteiger partial charge in [0.25, 0.3) is 5.06 Å². The predicted octanol–water partition coefficient (Wildman–Crippen LogP) is 2.65. The van der Waals surface area contributed by atoms with Gasteiger partial charge >= 0.3 is 10.7 Å². The summed E-state index contributed by atoms with van der Waals surface area (Å²) in [5.74, 6) is 0. The molecule has 7 heteroatoms. The van der Waals surface area contributed by atoms with Crippen molar-refractivity contribution < 1.29 is 17.9 Å². The van der Waals surface area contributed by atoms with Crippen LogP contribution in [0.15, 0.2) is 0 Å². The molecule has 0 N–H and O–H groups in total. The molecule has 1 aliphatic rings. The normalized spacial score (nSPS) is 47.4. The fraction of sp³-hybridized carbons (Fsp3) is 1.00. The van der Waals surface area contributed by atoms with E-state index in [1.807, 2.05) is 0 Å². The van der Waals surface area contributed by atoms with Crippen LogP contribution in [-0.4, -0.2) is 15.8 Å². The van der Waals surface area contributed by atoms with Crippen LogP contribution in [0.2, 0.25) is 0 Å². The van der Waals surface area contributed by atoms with Crippen LogP contribution in [0.4, 0.5) is 13.2 Å². The van der Waals surface area contributed by atoms with Gasteiger partial charge in [0.05, 0.1) is 0 Å². The van der Waals surface area contributed by atoms with Crippen molar-refractivity contribution in [2.45, 2.75) is 15.8 Å². The molecule has 0 aromatic carbocycles. The highest BCUT2D eigenvalue weighted by molar-refractivity contribution is 6.40. The van der Waals surface area contributed by atoms with Gasteiger partial charge in [0.15, 0.2) is 0 Å². The Balaban J connectivity index is 2.78. The van der Waals surface area contributed by atoms with Crippen LogP contribution < -0.4 is 0 Å². The molecule has 1 aliphatic heterocycles. The first-order valence-electron chi connectivity index (χ1n) is 2.04. The van der Waals surface area contributed by atoms with Crippen LogP contribution in [0.3, 0.4) is 0 Å². The van der Waals surface area contributed by atoms with Crippen LogP contribution in [-0.2, 0) is 4.74 Å². The van der Waals surface area contributed by atoms with E-state index in [1.54, 1.807) is 0 Å². The average molecular weight is 215 g/mol. The molecule has 0 aromatic heterocycles. The van der Waals surface area contributed by atoms with Gasteiger partial charge in [-0.3, -0.25) is 4.74 Å². The lowest BCUT2D eigenvalue weighted by atomic mass is 10.5. The van der Waals surface area contributed by atoms with Crippen LogP contribution in [0.1, 0.15) is 0 Å². The summed E-state index contributed by atoms with van der Waals surface area (Å²) in [7, 11) is 0. The third-order valence-electron chi connectivity index (χ3n) is 0.966. The standard InChI is InChI=1S/C3Cl3F3O/c4-1(2(5,7)8)3(6,9)10-1. The van der Waals surface area contributed by atoms with Gasteiger partial charge in [-0.2, -0.15) is 13.2 Å². The molecule has 0 aliphatic carbocycles. The molecule has 0 saturated carbocycles. The Morgan fingerprint density at radius 1 is 1.30 bits per heavy atom. The van der Waals surface area contributed by atoms with E-state index in [-0.39, 0.29) is 0 Å². The van der Waals surface area contributed by atoms with Gasteiger partial charge in [-0.15, -0.1) is 0 Å². The molecule has 1 nitrogen and oxygen atoms in total. The van der Waals surface area contributed by atoms with Crippen LogP contribution in [0.25, 0.3) is 0 Å². The van der Waals surface area contributed by atoms with Crippen LogP contribution in [0, 0.1) is 0 Å². The van der Waals surface area contributed by atoms with Gasteiger partial charge in [-0.05, 0) is 23.2 Å². The number of epoxide rings is 1. The highest BCUT2D eigenvalue weighted by atomic mass is 35.5. The SMILES string of the molecule is FC(F)(Cl)C1(Cl)OC1(F)Cl. The molecular weight excluding hydrogens is 215 g/mol. The number of ether oxygens (including phenoxy) is 1. The topological polar surface area (TPSA) is 12.5 Å². The average Bonchev–Trinajstić information content (AvgIpc) is 2.05. The molecule has 2 atom stereocenters. The van der Waals surface area contributed by atoms with E-state index >= 15 is 0 Å². The minimum absolute atomic E-state index is 2.91. The summed E-state index contributed by atoms with van der Waals surface area (Å²) in [5.41, 5.74) is 0. The summed E-state index contributed by atoms with van der Waals surface area (Å²) in [6.45, 7) is 0. The van der Waals surface area contributed by atoms with Gasteiger partial charge < -0.3 is 0 Å². The monoisotopic (exact) mass is 214 g/mol. The predicted molar refractivity (Wildman–Crippen MR) is 30.2 cm³/mol. The maximum atomic E-state index is 12.2. The Kier molecular flexibility index (Phi) is 1.62. The first-order chi connectivity index (χ1) is 4.21. The molecule has 2 unspecified atom stereocenters. The van der Waals surface area contributed by atoms with Crippen molar-refractivity contribution in [3.8, 4) is 0 Å². The summed E-state index contributed by atoms with van der Waals surface area (Å²) >= 11 is 13.8. The Morgan fingerprint density at radius 2 is 1.60 bits per heavy atom. The minimum Gasteiger partial charge on any atom is -0.294 e. The molecule has 1 heterocycles. The van der Waals surface area contributed by atoms with Crippen molar-refractivity contribution in [1.29, 1.82) is 0 Å². The van der Waals surface area contributed by atoms with E-state index in [9.17, 15) is 13.2 Å². The zero-order valence-electron chi connectivity index (χ0n) is 4.18. The summed E-state index contributed by atoms with van der Waals surface area (Å²) in [4.78, 5) is 0. The fourth-order valence-electron chi connectivity index (χ4n) is 0.374. The molecule has 0 radical (unpaired) electrons. The lowest BCUT2D eigenvalue weighted by molar-refractivity contribution is 0.0424. The summed E-state index contributed by atoms with van der Waals surface area (Å²) in [6, 6.07) is 0. The van der Waals surface area contributed by atoms with E-state index in [0.29, 0.717) is 0 Å². The molecule has 60 valence electrons. The Hall–Kier alpha value is 0.620. The third kappa shape index (κ3) is 0.978. The summed E-state index contributed by atoms with van der Waals surface area (Å²) in [5, 5.41) is -9.98. The Bertz CT molecular complexity index is 167. The fourth-order valence-corrected chi connectivity index (χ4v) is 0.963. The molecule has 0 spiro atoms. The number of hydrogen-bond acceptors (Lipinski definition) is 1. The van der Waals surface area contributed by atoms with Gasteiger partial charge in [0, 0.05) is 0 Å². The highest BCUT2D eigenvalue weighted by Crippen LogP contribution is 2.64. The summed E-state index contributed by atoms with van der Waals surface area (Å²) in [6.07, 6.45) is 0. The maximum absolute atomic E-state index is 12.2. The largest absolute Gasteiger partial charge is 0.371 e. The molecule has 1 rings (SSSR count). The molecular formula is C3Cl3F3O. The van der Waals surface area contributed by atoms with E-state index in [1.165, 1.54) is 0 Å². The zero-order valence-corrected chi connectivity index (χ0v) is 6.44. The first-order valence-corrected chi connectivity index (χ1v) is 3.18. The van der Waals surface area contributed by atoms with Gasteiger partial charge in [-0.25, -0.2) is 0 Å². The Morgan fingerprint density at radius 3 is 1.60 bits per heavy atom. The van der Waals surface area contributed by atoms with Crippen molar-refractivity contribution in [2.24, 2.45) is 0 Å². The van der Waals surface area contributed by atoms with E-state index < -0.39 is 15.8 Å². The lowest BCUT2D eigenvalue weighted by Crippen LogP contribution is -2.29. The van der Waals surface area contributed by atoms with Gasteiger partial charge in [0.2, 0.25) is 0 Å². The molecule has 0 bridgehead atoms. The third-order valence-corrected chi connectivity index (χ3v) is 2.33. The van der Waals surface area contributed by atoms with E-state index in [2.05, 4.69) is 27.9 Å². The number of alkyl halides is 6. The maximum Gasteiger partial charge on any atom is 0.371 e. The van der Waals surface area contributed by atoms with Gasteiger partial charge in [0.1, 0.15) is 0 Å². The van der Waals surface area contributed by atoms with Crippen LogP contribution in [0.5, 0.6) is 0 Å². The molecule has 0 aromatic rings. The molecule has 10 heavy (non-hydrogen) atoms. The van der Waals surface area contributed by atoms with E-state index in [0.717, 1.165) is 0 Å². The highest BCUT2D eigenvalue weighted by Gasteiger charge is 2.83. The first kappa shape index (κ1) is 8.71. The second kappa shape index (κ2) is 1.86. The van der Waals surface area contributed by atoms with E-state index in [4.69, 9.17) is 11.6 Å². The van der Waals surface area contributed by atoms with Gasteiger partial charge in [-0.1, -0.05) is 11.6 Å². The zero-order chi connectivity index (χ0) is 8.21. The van der Waals surface area contributed by atoms with Crippen molar-refractivity contribution in [3.05, 3.63) is 0 Å². The molecule has 1 saturated heterocycles. The minimum atomic E-state index is -4.01. The van der Waals surface area contributed by atoms with Crippen molar-refractivity contribution in [3.63, 3.8) is 0 Å². The second-order valence-electron chi connectivity index (χ2n) is 1.71. The second-order valence-corrected chi connectivity index (χ2v) is 3.20. The van der Waals surface area contributed by atoms with Crippen molar-refractivity contribution in [1.82, 2.24) is 0 Å². The number of rotatable bonds is 1.